The van der Waals surface area contributed by atoms with E-state index in [0.717, 1.165) is 37.0 Å². The lowest BCUT2D eigenvalue weighted by atomic mass is 9.50. The van der Waals surface area contributed by atoms with Crippen LogP contribution in [0.2, 0.25) is 0 Å². The van der Waals surface area contributed by atoms with E-state index < -0.39 is 11.4 Å². The Bertz CT molecular complexity index is 651. The molecule has 0 radical (unpaired) electrons. The molecule has 2 nitrogen and oxygen atoms in total. The molecular weight excluding hydrogens is 304 g/mol. The lowest BCUT2D eigenvalue weighted by Gasteiger charge is -2.53. The summed E-state index contributed by atoms with van der Waals surface area (Å²) in [6.45, 7) is 8.67. The van der Waals surface area contributed by atoms with Gasteiger partial charge in [-0.1, -0.05) is 33.3 Å². The first-order valence-electron chi connectivity index (χ1n) is 8.80. The Balaban J connectivity index is 2.13. The lowest BCUT2D eigenvalue weighted by Crippen LogP contribution is -2.52. The predicted octanol–water partition coefficient (Wildman–Crippen LogP) is 5.19. The lowest BCUT2D eigenvalue weighted by molar-refractivity contribution is -0.157. The zero-order valence-electron chi connectivity index (χ0n) is 14.6. The van der Waals surface area contributed by atoms with Gasteiger partial charge in [-0.3, -0.25) is 4.79 Å². The molecule has 1 saturated carbocycles. The molecule has 0 heterocycles. The molecule has 126 valence electrons. The van der Waals surface area contributed by atoms with Gasteiger partial charge in [-0.25, -0.2) is 0 Å². The third-order valence-corrected chi connectivity index (χ3v) is 7.00. The van der Waals surface area contributed by atoms with E-state index in [1.54, 1.807) is 0 Å². The van der Waals surface area contributed by atoms with Crippen LogP contribution in [-0.2, 0) is 16.6 Å². The number of fused-ring (bicyclic) bond motifs is 3. The van der Waals surface area contributed by atoms with Crippen LogP contribution in [0.3, 0.4) is 0 Å². The van der Waals surface area contributed by atoms with Gasteiger partial charge in [0.2, 0.25) is 0 Å². The van der Waals surface area contributed by atoms with Crippen LogP contribution < -0.4 is 0 Å². The normalized spacial score (nSPS) is 33.2. The van der Waals surface area contributed by atoms with E-state index in [9.17, 15) is 9.90 Å². The molecule has 0 aromatic heterocycles. The van der Waals surface area contributed by atoms with Gasteiger partial charge in [0.1, 0.15) is 0 Å². The van der Waals surface area contributed by atoms with E-state index in [1.807, 2.05) is 6.92 Å². The van der Waals surface area contributed by atoms with Gasteiger partial charge in [0.25, 0.3) is 0 Å². The zero-order chi connectivity index (χ0) is 17.0. The number of hydrogen-bond donors (Lipinski definition) is 2. The van der Waals surface area contributed by atoms with Crippen molar-refractivity contribution in [1.29, 1.82) is 0 Å². The van der Waals surface area contributed by atoms with Crippen molar-refractivity contribution in [3.8, 4) is 0 Å². The van der Waals surface area contributed by atoms with E-state index >= 15 is 0 Å². The van der Waals surface area contributed by atoms with E-state index in [2.05, 4.69) is 32.9 Å². The smallest absolute Gasteiger partial charge is 0.309 e. The first-order valence-corrected chi connectivity index (χ1v) is 9.24. The summed E-state index contributed by atoms with van der Waals surface area (Å²) < 4.78 is 0. The minimum atomic E-state index is -0.623. The van der Waals surface area contributed by atoms with Crippen LogP contribution in [0, 0.1) is 11.3 Å². The maximum absolute atomic E-state index is 12.0. The van der Waals surface area contributed by atoms with E-state index in [-0.39, 0.29) is 11.3 Å². The summed E-state index contributed by atoms with van der Waals surface area (Å²) in [6.07, 6.45) is 4.85. The van der Waals surface area contributed by atoms with Gasteiger partial charge in [-0.15, -0.1) is 12.6 Å². The molecule has 3 rings (SSSR count). The first-order chi connectivity index (χ1) is 10.7. The highest BCUT2D eigenvalue weighted by atomic mass is 32.1. The van der Waals surface area contributed by atoms with Gasteiger partial charge >= 0.3 is 5.97 Å². The van der Waals surface area contributed by atoms with Gasteiger partial charge in [0.15, 0.2) is 0 Å². The van der Waals surface area contributed by atoms with Gasteiger partial charge < -0.3 is 5.11 Å². The average molecular weight is 333 g/mol. The van der Waals surface area contributed by atoms with Crippen LogP contribution >= 0.6 is 12.6 Å². The second kappa shape index (κ2) is 5.54. The van der Waals surface area contributed by atoms with Gasteiger partial charge in [-0.05, 0) is 72.6 Å². The monoisotopic (exact) mass is 332 g/mol. The summed E-state index contributed by atoms with van der Waals surface area (Å²) in [7, 11) is 0. The van der Waals surface area contributed by atoms with Gasteiger partial charge in [0.05, 0.1) is 5.41 Å². The van der Waals surface area contributed by atoms with Crippen LogP contribution in [0.5, 0.6) is 0 Å². The molecule has 1 unspecified atom stereocenters. The molecule has 2 aliphatic rings. The van der Waals surface area contributed by atoms with Gasteiger partial charge in [-0.2, -0.15) is 0 Å². The van der Waals surface area contributed by atoms with E-state index in [0.29, 0.717) is 5.92 Å². The van der Waals surface area contributed by atoms with Crippen molar-refractivity contribution in [2.75, 3.05) is 0 Å². The number of rotatable bonds is 2. The predicted molar refractivity (Wildman–Crippen MR) is 96.5 cm³/mol. The first kappa shape index (κ1) is 16.9. The summed E-state index contributed by atoms with van der Waals surface area (Å²) >= 11 is 4.73. The van der Waals surface area contributed by atoms with Crippen LogP contribution in [0.15, 0.2) is 17.0 Å². The minimum Gasteiger partial charge on any atom is -0.481 e. The van der Waals surface area contributed by atoms with Crippen molar-refractivity contribution in [2.45, 2.75) is 76.0 Å². The minimum absolute atomic E-state index is 0.0358. The Morgan fingerprint density at radius 1 is 1.30 bits per heavy atom. The van der Waals surface area contributed by atoms with Crippen molar-refractivity contribution >= 4 is 18.6 Å². The average Bonchev–Trinajstić information content (AvgIpc) is 2.46. The standard InChI is InChI=1S/C20H28O2S/c1-12(2)14-10-13-6-7-17-19(3,15(13)11-16(14)23)8-5-9-20(17,4)18(21)22/h10-12,17,23H,5-9H2,1-4H3,(H,21,22)/t17?,19-,20-/m1/s1. The van der Waals surface area contributed by atoms with Gasteiger partial charge in [0, 0.05) is 4.90 Å². The molecule has 0 bridgehead atoms. The molecule has 0 spiro atoms. The number of hydrogen-bond acceptors (Lipinski definition) is 2. The van der Waals surface area contributed by atoms with Crippen molar-refractivity contribution in [2.24, 2.45) is 11.3 Å². The summed E-state index contributed by atoms with van der Waals surface area (Å²) in [4.78, 5) is 13.0. The number of aliphatic carboxylic acids is 1. The number of carboxylic acids is 1. The largest absolute Gasteiger partial charge is 0.481 e. The van der Waals surface area contributed by atoms with Crippen molar-refractivity contribution in [1.82, 2.24) is 0 Å². The Kier molecular flexibility index (Phi) is 4.07. The third-order valence-electron chi connectivity index (χ3n) is 6.61. The maximum atomic E-state index is 12.0. The SMILES string of the molecule is CC(C)c1cc2c(cc1S)[C@@]1(C)CCC[C@@](C)(C(=O)O)C1CC2. The summed E-state index contributed by atoms with van der Waals surface area (Å²) in [5.41, 5.74) is 3.45. The number of aryl methyl sites for hydroxylation is 1. The molecule has 2 aliphatic carbocycles. The number of benzene rings is 1. The molecule has 0 amide bonds. The fourth-order valence-corrected chi connectivity index (χ4v) is 5.69. The Hall–Kier alpha value is -0.960. The molecule has 3 atom stereocenters. The fraction of sp³-hybridized carbons (Fsp3) is 0.650. The molecule has 1 fully saturated rings. The van der Waals surface area contributed by atoms with Crippen molar-refractivity contribution in [3.63, 3.8) is 0 Å². The summed E-state index contributed by atoms with van der Waals surface area (Å²) in [5, 5.41) is 9.86. The molecule has 1 aromatic carbocycles. The van der Waals surface area contributed by atoms with Crippen molar-refractivity contribution in [3.05, 3.63) is 28.8 Å². The Labute approximate surface area is 145 Å². The zero-order valence-corrected chi connectivity index (χ0v) is 15.5. The highest BCUT2D eigenvalue weighted by Gasteiger charge is 2.55. The van der Waals surface area contributed by atoms with Crippen LogP contribution in [0.4, 0.5) is 0 Å². The molecule has 1 N–H and O–H groups in total. The van der Waals surface area contributed by atoms with Crippen LogP contribution in [0.25, 0.3) is 0 Å². The number of carbonyl (C=O) groups is 1. The molecule has 23 heavy (non-hydrogen) atoms. The van der Waals surface area contributed by atoms with Crippen LogP contribution in [0.1, 0.15) is 76.0 Å². The molecule has 3 heteroatoms. The molecule has 1 aromatic rings. The van der Waals surface area contributed by atoms with E-state index in [1.165, 1.54) is 16.7 Å². The Morgan fingerprint density at radius 3 is 2.61 bits per heavy atom. The quantitative estimate of drug-likeness (QED) is 0.731. The van der Waals surface area contributed by atoms with E-state index in [4.69, 9.17) is 12.6 Å². The highest BCUT2D eigenvalue weighted by Crippen LogP contribution is 2.57. The van der Waals surface area contributed by atoms with Crippen LogP contribution in [-0.4, -0.2) is 11.1 Å². The fourth-order valence-electron chi connectivity index (χ4n) is 5.24. The number of carboxylic acid groups (broad SMARTS) is 1. The van der Waals surface area contributed by atoms with Crippen molar-refractivity contribution < 1.29 is 9.90 Å². The second-order valence-electron chi connectivity index (χ2n) is 8.31. The molecule has 0 aliphatic heterocycles. The highest BCUT2D eigenvalue weighted by molar-refractivity contribution is 7.80. The summed E-state index contributed by atoms with van der Waals surface area (Å²) in [6, 6.07) is 4.57. The summed E-state index contributed by atoms with van der Waals surface area (Å²) in [5.74, 6) is 0.0575. The third kappa shape index (κ3) is 2.43. The number of thiol groups is 1. The molecule has 0 saturated heterocycles. The topological polar surface area (TPSA) is 37.3 Å². The molecular formula is C20H28O2S. The maximum Gasteiger partial charge on any atom is 0.309 e. The Morgan fingerprint density at radius 2 is 2.00 bits per heavy atom. The second-order valence-corrected chi connectivity index (χ2v) is 8.79.